The van der Waals surface area contributed by atoms with E-state index in [0.717, 1.165) is 36.0 Å². The van der Waals surface area contributed by atoms with Crippen LogP contribution in [0.1, 0.15) is 18.4 Å². The minimum Gasteiger partial charge on any atom is -0.306 e. The molecular weight excluding hydrogens is 294 g/mol. The Bertz CT molecular complexity index is 442. The zero-order valence-corrected chi connectivity index (χ0v) is 12.0. The highest BCUT2D eigenvalue weighted by molar-refractivity contribution is 9.10. The third-order valence-corrected chi connectivity index (χ3v) is 4.49. The van der Waals surface area contributed by atoms with E-state index in [4.69, 9.17) is 5.84 Å². The molecule has 1 heterocycles. The van der Waals surface area contributed by atoms with E-state index in [-0.39, 0.29) is 5.91 Å². The molecule has 0 atom stereocenters. The van der Waals surface area contributed by atoms with E-state index >= 15 is 0 Å². The van der Waals surface area contributed by atoms with Gasteiger partial charge in [0.2, 0.25) is 5.91 Å². The van der Waals surface area contributed by atoms with Crippen LogP contribution in [0, 0.1) is 0 Å². The molecular formula is C13H18BrN3O. The molecule has 0 spiro atoms. The average molecular weight is 312 g/mol. The zero-order valence-electron chi connectivity index (χ0n) is 10.4. The quantitative estimate of drug-likeness (QED) is 0.493. The summed E-state index contributed by atoms with van der Waals surface area (Å²) >= 11 is 3.55. The standard InChI is InChI=1S/C13H18BrN3O/c1-17-8-6-13(7-9-17,12(18)16-15)10-4-2-3-5-11(10)14/h2-5H,6-9,15H2,1H3,(H,16,18). The number of hydrogen-bond donors (Lipinski definition) is 2. The summed E-state index contributed by atoms with van der Waals surface area (Å²) in [5.41, 5.74) is 2.85. The van der Waals surface area contributed by atoms with Crippen LogP contribution in [-0.4, -0.2) is 30.9 Å². The van der Waals surface area contributed by atoms with E-state index < -0.39 is 5.41 Å². The van der Waals surface area contributed by atoms with Crippen LogP contribution in [0.4, 0.5) is 0 Å². The lowest BCUT2D eigenvalue weighted by Crippen LogP contribution is -2.52. The molecule has 4 nitrogen and oxygen atoms in total. The van der Waals surface area contributed by atoms with Gasteiger partial charge in [0.05, 0.1) is 5.41 Å². The highest BCUT2D eigenvalue weighted by Gasteiger charge is 2.43. The van der Waals surface area contributed by atoms with E-state index in [2.05, 4.69) is 33.3 Å². The van der Waals surface area contributed by atoms with Crippen LogP contribution in [0.5, 0.6) is 0 Å². The number of hydrogen-bond acceptors (Lipinski definition) is 3. The van der Waals surface area contributed by atoms with Crippen molar-refractivity contribution in [2.24, 2.45) is 5.84 Å². The molecule has 1 fully saturated rings. The number of nitrogens with one attached hydrogen (secondary N) is 1. The van der Waals surface area contributed by atoms with E-state index in [1.807, 2.05) is 24.3 Å². The third kappa shape index (κ3) is 2.30. The first-order valence-corrected chi connectivity index (χ1v) is 6.84. The van der Waals surface area contributed by atoms with Gasteiger partial charge in [-0.15, -0.1) is 0 Å². The first kappa shape index (κ1) is 13.5. The Labute approximate surface area is 116 Å². The normalized spacial score (nSPS) is 19.5. The van der Waals surface area contributed by atoms with Crippen molar-refractivity contribution in [1.29, 1.82) is 0 Å². The number of hydrazine groups is 1. The number of rotatable bonds is 2. The van der Waals surface area contributed by atoms with Gasteiger partial charge < -0.3 is 4.90 Å². The van der Waals surface area contributed by atoms with Gasteiger partial charge in [0, 0.05) is 4.47 Å². The van der Waals surface area contributed by atoms with E-state index in [9.17, 15) is 4.79 Å². The molecule has 3 N–H and O–H groups in total. The fourth-order valence-electron chi connectivity index (χ4n) is 2.61. The highest BCUT2D eigenvalue weighted by atomic mass is 79.9. The Morgan fingerprint density at radius 2 is 2.00 bits per heavy atom. The first-order valence-electron chi connectivity index (χ1n) is 6.05. The number of piperidine rings is 1. The van der Waals surface area contributed by atoms with Crippen molar-refractivity contribution in [3.8, 4) is 0 Å². The van der Waals surface area contributed by atoms with Crippen LogP contribution in [-0.2, 0) is 10.2 Å². The Morgan fingerprint density at radius 3 is 2.56 bits per heavy atom. The van der Waals surface area contributed by atoms with Crippen molar-refractivity contribution >= 4 is 21.8 Å². The predicted octanol–water partition coefficient (Wildman–Crippen LogP) is 1.40. The van der Waals surface area contributed by atoms with Crippen LogP contribution < -0.4 is 11.3 Å². The van der Waals surface area contributed by atoms with Gasteiger partial charge >= 0.3 is 0 Å². The van der Waals surface area contributed by atoms with Crippen LogP contribution in [0.25, 0.3) is 0 Å². The van der Waals surface area contributed by atoms with Gasteiger partial charge in [0.25, 0.3) is 0 Å². The maximum atomic E-state index is 12.3. The smallest absolute Gasteiger partial charge is 0.244 e. The lowest BCUT2D eigenvalue weighted by molar-refractivity contribution is -0.128. The second kappa shape index (κ2) is 5.38. The van der Waals surface area contributed by atoms with Gasteiger partial charge in [-0.2, -0.15) is 0 Å². The molecule has 1 aromatic carbocycles. The molecule has 0 aliphatic carbocycles. The second-order valence-corrected chi connectivity index (χ2v) is 5.69. The van der Waals surface area contributed by atoms with Gasteiger partial charge in [-0.05, 0) is 44.6 Å². The maximum Gasteiger partial charge on any atom is 0.244 e. The van der Waals surface area contributed by atoms with Gasteiger partial charge in [0.1, 0.15) is 0 Å². The fraction of sp³-hybridized carbons (Fsp3) is 0.462. The summed E-state index contributed by atoms with van der Waals surface area (Å²) in [6.07, 6.45) is 1.57. The van der Waals surface area contributed by atoms with Crippen molar-refractivity contribution in [2.75, 3.05) is 20.1 Å². The average Bonchev–Trinajstić information content (AvgIpc) is 2.40. The summed E-state index contributed by atoms with van der Waals surface area (Å²) in [5, 5.41) is 0. The Hall–Kier alpha value is -0.910. The second-order valence-electron chi connectivity index (χ2n) is 4.84. The van der Waals surface area contributed by atoms with E-state index in [1.54, 1.807) is 0 Å². The molecule has 0 radical (unpaired) electrons. The molecule has 0 unspecified atom stereocenters. The summed E-state index contributed by atoms with van der Waals surface area (Å²) in [6.45, 7) is 1.80. The number of nitrogens with two attached hydrogens (primary N) is 1. The first-order chi connectivity index (χ1) is 8.60. The van der Waals surface area contributed by atoms with Crippen LogP contribution in [0.2, 0.25) is 0 Å². The molecule has 1 aliphatic heterocycles. The van der Waals surface area contributed by atoms with E-state index in [0.29, 0.717) is 0 Å². The summed E-state index contributed by atoms with van der Waals surface area (Å²) in [6, 6.07) is 7.89. The van der Waals surface area contributed by atoms with Gasteiger partial charge in [0.15, 0.2) is 0 Å². The number of carbonyl (C=O) groups excluding carboxylic acids is 1. The number of benzene rings is 1. The Kier molecular flexibility index (Phi) is 4.04. The van der Waals surface area contributed by atoms with Gasteiger partial charge in [-0.25, -0.2) is 5.84 Å². The van der Waals surface area contributed by atoms with Crippen molar-refractivity contribution < 1.29 is 4.79 Å². The number of likely N-dealkylation sites (tertiary alicyclic amines) is 1. The molecule has 0 bridgehead atoms. The molecule has 1 amide bonds. The van der Waals surface area contributed by atoms with Crippen LogP contribution >= 0.6 is 15.9 Å². The molecule has 1 aliphatic rings. The number of nitrogens with zero attached hydrogens (tertiary/aromatic N) is 1. The summed E-state index contributed by atoms with van der Waals surface area (Å²) < 4.78 is 0.971. The van der Waals surface area contributed by atoms with Crippen LogP contribution in [0.15, 0.2) is 28.7 Å². The minimum atomic E-state index is -0.513. The molecule has 98 valence electrons. The Balaban J connectivity index is 2.43. The van der Waals surface area contributed by atoms with Crippen molar-refractivity contribution in [3.63, 3.8) is 0 Å². The largest absolute Gasteiger partial charge is 0.306 e. The van der Waals surface area contributed by atoms with Crippen molar-refractivity contribution in [3.05, 3.63) is 34.3 Å². The van der Waals surface area contributed by atoms with Gasteiger partial charge in [-0.1, -0.05) is 34.1 Å². The Morgan fingerprint density at radius 1 is 1.39 bits per heavy atom. The van der Waals surface area contributed by atoms with Crippen molar-refractivity contribution in [1.82, 2.24) is 10.3 Å². The monoisotopic (exact) mass is 311 g/mol. The molecule has 5 heteroatoms. The maximum absolute atomic E-state index is 12.3. The highest BCUT2D eigenvalue weighted by Crippen LogP contribution is 2.39. The van der Waals surface area contributed by atoms with Crippen LogP contribution in [0.3, 0.4) is 0 Å². The summed E-state index contributed by atoms with van der Waals surface area (Å²) in [4.78, 5) is 14.5. The van der Waals surface area contributed by atoms with E-state index in [1.165, 1.54) is 0 Å². The minimum absolute atomic E-state index is 0.0949. The molecule has 18 heavy (non-hydrogen) atoms. The number of halogens is 1. The van der Waals surface area contributed by atoms with Crippen molar-refractivity contribution in [2.45, 2.75) is 18.3 Å². The molecule has 1 saturated heterocycles. The topological polar surface area (TPSA) is 58.4 Å². The SMILES string of the molecule is CN1CCC(C(=O)NN)(c2ccccc2Br)CC1. The fourth-order valence-corrected chi connectivity index (χ4v) is 3.27. The molecule has 0 saturated carbocycles. The summed E-state index contributed by atoms with van der Waals surface area (Å²) in [7, 11) is 2.07. The third-order valence-electron chi connectivity index (χ3n) is 3.80. The summed E-state index contributed by atoms with van der Waals surface area (Å²) in [5.74, 6) is 5.29. The zero-order chi connectivity index (χ0) is 13.2. The number of amides is 1. The molecule has 0 aromatic heterocycles. The molecule has 1 aromatic rings. The lowest BCUT2D eigenvalue weighted by Gasteiger charge is -2.39. The lowest BCUT2D eigenvalue weighted by atomic mass is 9.72. The molecule has 2 rings (SSSR count). The van der Waals surface area contributed by atoms with Gasteiger partial charge in [-0.3, -0.25) is 10.2 Å². The predicted molar refractivity (Wildman–Crippen MR) is 74.9 cm³/mol. The number of carbonyl (C=O) groups is 1.